The number of nitrogens with zero attached hydrogens (tertiary/aromatic N) is 8. The maximum atomic E-state index is 10.1. The molecule has 11 aromatic rings. The van der Waals surface area contributed by atoms with Crippen LogP contribution in [0.25, 0.3) is 107 Å². The van der Waals surface area contributed by atoms with Crippen LogP contribution in [-0.4, -0.2) is 34.5 Å². The number of hydrogen-bond donors (Lipinski definition) is 0. The number of aromatic nitrogens is 7. The van der Waals surface area contributed by atoms with Gasteiger partial charge in [-0.2, -0.15) is 5.26 Å². The summed E-state index contributed by atoms with van der Waals surface area (Å²) in [6, 6.07) is 71.1. The Kier molecular flexibility index (Phi) is 9.37. The molecule has 0 amide bonds. The molecule has 0 saturated heterocycles. The van der Waals surface area contributed by atoms with Gasteiger partial charge < -0.3 is 4.57 Å². The van der Waals surface area contributed by atoms with Crippen LogP contribution < -0.4 is 0 Å². The zero-order valence-corrected chi connectivity index (χ0v) is 33.7. The van der Waals surface area contributed by atoms with E-state index >= 15 is 0 Å². The monoisotopic (exact) mass is 806 g/mol. The molecule has 3 aromatic heterocycles. The summed E-state index contributed by atoms with van der Waals surface area (Å²) in [6.07, 6.45) is 0. The quantitative estimate of drug-likeness (QED) is 0.150. The molecule has 8 aromatic carbocycles. The molecule has 63 heavy (non-hydrogen) atoms. The van der Waals surface area contributed by atoms with Gasteiger partial charge >= 0.3 is 0 Å². The molecule has 0 N–H and O–H groups in total. The Hall–Kier alpha value is -8.93. The summed E-state index contributed by atoms with van der Waals surface area (Å²) in [7, 11) is 0. The van der Waals surface area contributed by atoms with Crippen molar-refractivity contribution in [3.8, 4) is 91.2 Å². The van der Waals surface area contributed by atoms with Gasteiger partial charge in [-0.05, 0) is 47.5 Å². The molecule has 0 atom stereocenters. The van der Waals surface area contributed by atoms with Crippen molar-refractivity contribution in [1.82, 2.24) is 34.5 Å². The standard InChI is InChI=1S/C55H34N8/c56-35-42-25-13-14-26-43(42)40-29-31-45-44-27-15-16-28-47(44)63(49(45)34-40)48-32-30-41(54-59-50(36-17-5-1-6-18-36)57-51(60-54)37-19-7-2-8-20-37)33-46(48)55-61-52(38-21-9-3-10-22-38)58-53(62-55)39-23-11-4-12-24-39/h1-34H. The minimum Gasteiger partial charge on any atom is -0.308 e. The van der Waals surface area contributed by atoms with Gasteiger partial charge in [-0.25, -0.2) is 29.9 Å². The lowest BCUT2D eigenvalue weighted by Crippen LogP contribution is -2.05. The molecule has 11 rings (SSSR count). The molecule has 0 spiro atoms. The fourth-order valence-electron chi connectivity index (χ4n) is 8.15. The maximum Gasteiger partial charge on any atom is 0.166 e. The van der Waals surface area contributed by atoms with E-state index in [1.165, 1.54) is 0 Å². The molecule has 0 fully saturated rings. The maximum absolute atomic E-state index is 10.1. The van der Waals surface area contributed by atoms with E-state index < -0.39 is 0 Å². The van der Waals surface area contributed by atoms with E-state index in [-0.39, 0.29) is 0 Å². The van der Waals surface area contributed by atoms with E-state index in [0.717, 1.165) is 72.0 Å². The van der Waals surface area contributed by atoms with Gasteiger partial charge in [0.15, 0.2) is 34.9 Å². The second-order valence-electron chi connectivity index (χ2n) is 15.1. The number of nitriles is 1. The number of para-hydroxylation sites is 1. The van der Waals surface area contributed by atoms with E-state index in [1.54, 1.807) is 0 Å². The first-order valence-electron chi connectivity index (χ1n) is 20.6. The molecule has 3 heterocycles. The molecule has 0 bridgehead atoms. The van der Waals surface area contributed by atoms with Crippen LogP contribution in [0.5, 0.6) is 0 Å². The Bertz CT molecular complexity index is 3390. The van der Waals surface area contributed by atoms with Gasteiger partial charge in [0.05, 0.1) is 28.4 Å². The number of benzene rings is 8. The molecular weight excluding hydrogens is 773 g/mol. The molecule has 8 nitrogen and oxygen atoms in total. The molecule has 0 unspecified atom stereocenters. The zero-order valence-electron chi connectivity index (χ0n) is 33.7. The van der Waals surface area contributed by atoms with Crippen molar-refractivity contribution in [2.45, 2.75) is 0 Å². The molecule has 294 valence electrons. The average Bonchev–Trinajstić information content (AvgIpc) is 3.70. The third kappa shape index (κ3) is 6.96. The Labute approximate surface area is 363 Å². The molecule has 0 aliphatic carbocycles. The van der Waals surface area contributed by atoms with E-state index in [4.69, 9.17) is 29.9 Å². The fraction of sp³-hybridized carbons (Fsp3) is 0. The van der Waals surface area contributed by atoms with Crippen LogP contribution in [0.2, 0.25) is 0 Å². The van der Waals surface area contributed by atoms with E-state index in [2.05, 4.69) is 71.3 Å². The van der Waals surface area contributed by atoms with Crippen molar-refractivity contribution >= 4 is 21.8 Å². The van der Waals surface area contributed by atoms with Crippen LogP contribution in [-0.2, 0) is 0 Å². The van der Waals surface area contributed by atoms with E-state index in [9.17, 15) is 5.26 Å². The van der Waals surface area contributed by atoms with Crippen molar-refractivity contribution in [2.24, 2.45) is 0 Å². The van der Waals surface area contributed by atoms with Crippen LogP contribution in [0.15, 0.2) is 206 Å². The second-order valence-corrected chi connectivity index (χ2v) is 15.1. The summed E-state index contributed by atoms with van der Waals surface area (Å²) < 4.78 is 2.27. The fourth-order valence-corrected chi connectivity index (χ4v) is 8.15. The number of hydrogen-bond acceptors (Lipinski definition) is 7. The second kappa shape index (κ2) is 15.9. The van der Waals surface area contributed by atoms with Gasteiger partial charge in [0, 0.05) is 44.2 Å². The predicted octanol–water partition coefficient (Wildman–Crippen LogP) is 12.7. The molecule has 0 radical (unpaired) electrons. The predicted molar refractivity (Wildman–Crippen MR) is 250 cm³/mol. The Morgan fingerprint density at radius 2 is 0.746 bits per heavy atom. The van der Waals surface area contributed by atoms with E-state index in [1.807, 2.05) is 146 Å². The van der Waals surface area contributed by atoms with Gasteiger partial charge in [-0.1, -0.05) is 170 Å². The number of rotatable bonds is 8. The third-order valence-electron chi connectivity index (χ3n) is 11.2. The van der Waals surface area contributed by atoms with Crippen molar-refractivity contribution in [2.75, 3.05) is 0 Å². The van der Waals surface area contributed by atoms with Crippen LogP contribution in [0, 0.1) is 11.3 Å². The first-order chi connectivity index (χ1) is 31.2. The minimum absolute atomic E-state index is 0.483. The first kappa shape index (κ1) is 37.1. The summed E-state index contributed by atoms with van der Waals surface area (Å²) in [5, 5.41) is 12.3. The highest BCUT2D eigenvalue weighted by Gasteiger charge is 2.22. The summed E-state index contributed by atoms with van der Waals surface area (Å²) in [5.74, 6) is 3.22. The molecule has 0 saturated carbocycles. The largest absolute Gasteiger partial charge is 0.308 e. The Morgan fingerprint density at radius 3 is 1.29 bits per heavy atom. The highest BCUT2D eigenvalue weighted by molar-refractivity contribution is 6.11. The normalized spacial score (nSPS) is 11.2. The first-order valence-corrected chi connectivity index (χ1v) is 20.6. The zero-order chi connectivity index (χ0) is 42.1. The summed E-state index contributed by atoms with van der Waals surface area (Å²) in [4.78, 5) is 30.7. The summed E-state index contributed by atoms with van der Waals surface area (Å²) >= 11 is 0. The van der Waals surface area contributed by atoms with Gasteiger partial charge in [0.2, 0.25) is 0 Å². The van der Waals surface area contributed by atoms with E-state index in [0.29, 0.717) is 40.5 Å². The van der Waals surface area contributed by atoms with Crippen molar-refractivity contribution in [3.63, 3.8) is 0 Å². The molecule has 0 aliphatic rings. The highest BCUT2D eigenvalue weighted by atomic mass is 15.1. The molecule has 0 aliphatic heterocycles. The molecule has 8 heteroatoms. The van der Waals surface area contributed by atoms with Gasteiger partial charge in [0.1, 0.15) is 0 Å². The lowest BCUT2D eigenvalue weighted by Gasteiger charge is -2.17. The average molecular weight is 807 g/mol. The topological polar surface area (TPSA) is 106 Å². The Morgan fingerprint density at radius 1 is 0.317 bits per heavy atom. The van der Waals surface area contributed by atoms with Crippen LogP contribution in [0.1, 0.15) is 5.56 Å². The van der Waals surface area contributed by atoms with Gasteiger partial charge in [0.25, 0.3) is 0 Å². The smallest absolute Gasteiger partial charge is 0.166 e. The van der Waals surface area contributed by atoms with Crippen LogP contribution >= 0.6 is 0 Å². The SMILES string of the molecule is N#Cc1ccccc1-c1ccc2c3ccccc3n(-c3ccc(-c4nc(-c5ccccc5)nc(-c5ccccc5)n4)cc3-c3nc(-c4ccccc4)nc(-c4ccccc4)n3)c2c1. The highest BCUT2D eigenvalue weighted by Crippen LogP contribution is 2.40. The lowest BCUT2D eigenvalue weighted by molar-refractivity contribution is 1.06. The Balaban J connectivity index is 1.21. The molecular formula is C55H34N8. The van der Waals surface area contributed by atoms with Gasteiger partial charge in [-0.3, -0.25) is 0 Å². The lowest BCUT2D eigenvalue weighted by atomic mass is 9.99. The van der Waals surface area contributed by atoms with Crippen molar-refractivity contribution in [3.05, 3.63) is 212 Å². The third-order valence-corrected chi connectivity index (χ3v) is 11.2. The number of fused-ring (bicyclic) bond motifs is 3. The van der Waals surface area contributed by atoms with Crippen molar-refractivity contribution in [1.29, 1.82) is 5.26 Å². The van der Waals surface area contributed by atoms with Crippen LogP contribution in [0.3, 0.4) is 0 Å². The minimum atomic E-state index is 0.483. The van der Waals surface area contributed by atoms with Crippen LogP contribution in [0.4, 0.5) is 0 Å². The summed E-state index contributed by atoms with van der Waals surface area (Å²) in [5.41, 5.74) is 10.2. The summed E-state index contributed by atoms with van der Waals surface area (Å²) in [6.45, 7) is 0. The van der Waals surface area contributed by atoms with Gasteiger partial charge in [-0.15, -0.1) is 0 Å². The van der Waals surface area contributed by atoms with Crippen molar-refractivity contribution < 1.29 is 0 Å².